The molecule has 0 radical (unpaired) electrons. The van der Waals surface area contributed by atoms with Crippen LogP contribution in [-0.4, -0.2) is 17.5 Å². The predicted octanol–water partition coefficient (Wildman–Crippen LogP) is -3.81. The van der Waals surface area contributed by atoms with Crippen LogP contribution >= 0.6 is 23.5 Å². The first-order valence-corrected chi connectivity index (χ1v) is 5.03. The molecular formula is C6HKN6O2S2. The molecule has 0 saturated heterocycles. The third kappa shape index (κ3) is 5.01. The van der Waals surface area contributed by atoms with Gasteiger partial charge < -0.3 is 5.11 Å². The van der Waals surface area contributed by atoms with Crippen molar-refractivity contribution in [3.63, 3.8) is 0 Å². The zero-order chi connectivity index (χ0) is 12.0. The number of rotatable bonds is 0. The molecule has 2 rings (SSSR count). The number of hydrogen-bond acceptors (Lipinski definition) is 9. The Hall–Kier alpha value is -0.664. The van der Waals surface area contributed by atoms with Crippen LogP contribution in [-0.2, 0) is 0 Å². The first-order chi connectivity index (χ1) is 7.69. The van der Waals surface area contributed by atoms with Crippen molar-refractivity contribution in [1.82, 2.24) is 17.5 Å². The number of nitrogens with one attached hydrogen (secondary N) is 1. The van der Waals surface area contributed by atoms with Gasteiger partial charge in [0.15, 0.2) is 5.69 Å². The van der Waals surface area contributed by atoms with E-state index < -0.39 is 11.4 Å². The second-order valence-corrected chi connectivity index (χ2v) is 3.20. The van der Waals surface area contributed by atoms with Gasteiger partial charge >= 0.3 is 51.4 Å². The van der Waals surface area contributed by atoms with E-state index in [1.54, 1.807) is 12.1 Å². The van der Waals surface area contributed by atoms with Gasteiger partial charge in [-0.15, -0.1) is 0 Å². The minimum absolute atomic E-state index is 0. The van der Waals surface area contributed by atoms with E-state index in [9.17, 15) is 9.90 Å². The van der Waals surface area contributed by atoms with Crippen molar-refractivity contribution in [2.75, 3.05) is 0 Å². The van der Waals surface area contributed by atoms with Crippen LogP contribution in [0.2, 0.25) is 0 Å². The number of nitrogens with zero attached hydrogens (tertiary/aromatic N) is 5. The molecule has 0 unspecified atom stereocenters. The maximum atomic E-state index is 10.3. The number of aromatic nitrogens is 4. The summed E-state index contributed by atoms with van der Waals surface area (Å²) in [6.07, 6.45) is 0. The third-order valence-corrected chi connectivity index (χ3v) is 2.22. The number of hydrogen-bond donors (Lipinski definition) is 1. The molecule has 17 heavy (non-hydrogen) atoms. The van der Waals surface area contributed by atoms with E-state index in [1.165, 1.54) is 0 Å². The summed E-state index contributed by atoms with van der Waals surface area (Å²) in [5.41, 5.74) is -0.581. The van der Waals surface area contributed by atoms with Gasteiger partial charge in [0.25, 0.3) is 5.56 Å². The van der Waals surface area contributed by atoms with Gasteiger partial charge in [-0.05, 0) is 0 Å². The maximum Gasteiger partial charge on any atom is 1.00 e. The molecule has 0 aliphatic carbocycles. The predicted molar refractivity (Wildman–Crippen MR) is 51.5 cm³/mol. The van der Waals surface area contributed by atoms with Crippen LogP contribution < -0.4 is 62.1 Å². The molecular weight excluding hydrogens is 291 g/mol. The van der Waals surface area contributed by atoms with Crippen molar-refractivity contribution in [3.05, 3.63) is 21.7 Å². The first kappa shape index (κ1) is 16.3. The molecule has 0 aliphatic rings. The summed E-state index contributed by atoms with van der Waals surface area (Å²) in [4.78, 5) is 10.3. The monoisotopic (exact) mass is 292 g/mol. The molecule has 1 N–H and O–H groups in total. The topological polar surface area (TPSA) is 142 Å². The Balaban J connectivity index is 0.000000284. The Morgan fingerprint density at radius 1 is 1.18 bits per heavy atom. The zero-order valence-electron chi connectivity index (χ0n) is 8.37. The molecule has 0 aliphatic heterocycles. The first-order valence-electron chi connectivity index (χ1n) is 3.53. The van der Waals surface area contributed by atoms with Crippen LogP contribution in [0.15, 0.2) is 4.79 Å². The van der Waals surface area contributed by atoms with E-state index in [0.717, 1.165) is 23.5 Å². The summed E-state index contributed by atoms with van der Waals surface area (Å²) in [6.45, 7) is 0. The van der Waals surface area contributed by atoms with E-state index in [-0.39, 0.29) is 62.8 Å². The van der Waals surface area contributed by atoms with Crippen LogP contribution in [0.5, 0.6) is 5.88 Å². The van der Waals surface area contributed by atoms with Crippen molar-refractivity contribution in [1.29, 1.82) is 10.5 Å². The normalized spacial score (nSPS) is 7.88. The second kappa shape index (κ2) is 8.43. The molecule has 2 aromatic heterocycles. The van der Waals surface area contributed by atoms with Gasteiger partial charge in [0.2, 0.25) is 5.69 Å². The summed E-state index contributed by atoms with van der Waals surface area (Å²) in [7, 11) is 0. The Morgan fingerprint density at radius 3 is 2.06 bits per heavy atom. The van der Waals surface area contributed by atoms with Gasteiger partial charge in [-0.3, -0.25) is 9.17 Å². The van der Waals surface area contributed by atoms with E-state index in [1.807, 2.05) is 0 Å². The van der Waals surface area contributed by atoms with E-state index in [4.69, 9.17) is 10.5 Å². The molecule has 0 amide bonds. The largest absolute Gasteiger partial charge is 1.00 e. The molecule has 11 heteroatoms. The van der Waals surface area contributed by atoms with Crippen molar-refractivity contribution in [2.45, 2.75) is 0 Å². The summed E-state index contributed by atoms with van der Waals surface area (Å²) >= 11 is 1.64. The van der Waals surface area contributed by atoms with Crippen molar-refractivity contribution in [3.8, 4) is 18.0 Å². The maximum absolute atomic E-state index is 10.3. The smallest absolute Gasteiger partial charge is 0.856 e. The fourth-order valence-electron chi connectivity index (χ4n) is 0.520. The third-order valence-electron chi connectivity index (χ3n) is 1.16. The molecule has 0 spiro atoms. The molecule has 2 aromatic rings. The van der Waals surface area contributed by atoms with Crippen molar-refractivity contribution >= 4 is 23.5 Å². The fourth-order valence-corrected chi connectivity index (χ4v) is 1.36. The second-order valence-electron chi connectivity index (χ2n) is 2.10. The molecule has 0 fully saturated rings. The summed E-state index contributed by atoms with van der Waals surface area (Å²) in [5, 5.41) is 26.4. The van der Waals surface area contributed by atoms with Gasteiger partial charge in [0, 0.05) is 17.6 Å². The Labute approximate surface area is 146 Å². The van der Waals surface area contributed by atoms with E-state index in [2.05, 4.69) is 17.5 Å². The summed E-state index contributed by atoms with van der Waals surface area (Å²) in [5.74, 6) is -0.530. The van der Waals surface area contributed by atoms with Crippen LogP contribution in [0.25, 0.3) is 0 Å². The number of aromatic amines is 1. The van der Waals surface area contributed by atoms with Crippen molar-refractivity contribution in [2.24, 2.45) is 0 Å². The van der Waals surface area contributed by atoms with E-state index in [0.29, 0.717) is 0 Å². The van der Waals surface area contributed by atoms with E-state index >= 15 is 0 Å². The average molecular weight is 292 g/mol. The van der Waals surface area contributed by atoms with Gasteiger partial charge in [0.05, 0.1) is 11.7 Å². The SMILES string of the molecule is N#Cc1ns[nH]c1=O.N#Cc1nsnc1[O-].[K+]. The molecule has 2 heterocycles. The molecule has 8 nitrogen and oxygen atoms in total. The van der Waals surface area contributed by atoms with Crippen LogP contribution in [0.3, 0.4) is 0 Å². The molecule has 80 valence electrons. The number of nitriles is 2. The minimum atomic E-state index is -0.530. The summed E-state index contributed by atoms with van der Waals surface area (Å²) < 4.78 is 12.3. The Kier molecular flexibility index (Phi) is 8.10. The zero-order valence-corrected chi connectivity index (χ0v) is 13.1. The van der Waals surface area contributed by atoms with Gasteiger partial charge in [0.1, 0.15) is 12.1 Å². The van der Waals surface area contributed by atoms with Crippen molar-refractivity contribution < 1.29 is 56.5 Å². The van der Waals surface area contributed by atoms with Gasteiger partial charge in [-0.1, -0.05) is 0 Å². The Morgan fingerprint density at radius 2 is 1.82 bits per heavy atom. The molecule has 0 aromatic carbocycles. The number of H-pyrrole nitrogens is 1. The van der Waals surface area contributed by atoms with Crippen LogP contribution in [0, 0.1) is 22.7 Å². The standard InChI is InChI=1S/2C3HN3OS.K/c2*4-1-2-3(7)6-8-5-2;/h2*(H,6,7);/q;;+1/p-1. The molecule has 0 bridgehead atoms. The van der Waals surface area contributed by atoms with Gasteiger partial charge in [-0.25, -0.2) is 0 Å². The molecule has 0 atom stereocenters. The Bertz CT molecular complexity index is 605. The summed E-state index contributed by atoms with van der Waals surface area (Å²) in [6, 6.07) is 3.23. The fraction of sp³-hybridized carbons (Fsp3) is 0. The molecule has 0 saturated carbocycles. The quantitative estimate of drug-likeness (QED) is 0.490. The average Bonchev–Trinajstić information content (AvgIpc) is 2.87. The minimum Gasteiger partial charge on any atom is -0.856 e. The van der Waals surface area contributed by atoms with Gasteiger partial charge in [-0.2, -0.15) is 23.6 Å². The van der Waals surface area contributed by atoms with Crippen LogP contribution in [0.1, 0.15) is 11.4 Å². The van der Waals surface area contributed by atoms with Crippen LogP contribution in [0.4, 0.5) is 0 Å².